The van der Waals surface area contributed by atoms with Gasteiger partial charge < -0.3 is 9.64 Å². The molecule has 0 amide bonds. The van der Waals surface area contributed by atoms with E-state index in [9.17, 15) is 4.79 Å². The molecule has 25 heavy (non-hydrogen) atoms. The summed E-state index contributed by atoms with van der Waals surface area (Å²) in [6.07, 6.45) is 5.87. The van der Waals surface area contributed by atoms with Crippen LogP contribution in [-0.4, -0.2) is 34.8 Å². The Labute approximate surface area is 153 Å². The van der Waals surface area contributed by atoms with Crippen molar-refractivity contribution < 1.29 is 14.4 Å². The van der Waals surface area contributed by atoms with Crippen LogP contribution in [0.4, 0.5) is 0 Å². The van der Waals surface area contributed by atoms with E-state index in [4.69, 9.17) is 17.0 Å². The molecule has 5 nitrogen and oxygen atoms in total. The highest BCUT2D eigenvalue weighted by molar-refractivity contribution is 7.71. The number of quaternary nitrogens is 1. The van der Waals surface area contributed by atoms with Gasteiger partial charge in [0.25, 0.3) is 0 Å². The zero-order valence-corrected chi connectivity index (χ0v) is 15.7. The molecule has 1 aliphatic heterocycles. The standard InChI is InChI=1S/C19H25N3O2S/c1-3-24-18(23)16-8-10-20(11-9-16)14-21-12-13-22(19(21)25)17-7-5-4-6-15(17)2/h4-7,12-13,16H,3,8-11,14H2,1-2H3/p+1. The zero-order valence-electron chi connectivity index (χ0n) is 14.9. The second-order valence-corrected chi connectivity index (χ2v) is 7.01. The number of ether oxygens (including phenoxy) is 1. The Bertz CT molecular complexity index is 788. The molecule has 0 aliphatic carbocycles. The number of hydrogen-bond donors (Lipinski definition) is 1. The monoisotopic (exact) mass is 360 g/mol. The van der Waals surface area contributed by atoms with E-state index in [0.717, 1.165) is 43.1 Å². The second-order valence-electron chi connectivity index (χ2n) is 6.64. The quantitative estimate of drug-likeness (QED) is 0.656. The maximum absolute atomic E-state index is 11.9. The number of imidazole rings is 1. The van der Waals surface area contributed by atoms with E-state index in [1.165, 1.54) is 10.5 Å². The average Bonchev–Trinajstić information content (AvgIpc) is 2.97. The van der Waals surface area contributed by atoms with Crippen LogP contribution in [0.5, 0.6) is 0 Å². The van der Waals surface area contributed by atoms with Gasteiger partial charge in [0.15, 0.2) is 11.4 Å². The summed E-state index contributed by atoms with van der Waals surface area (Å²) in [6, 6.07) is 8.26. The fourth-order valence-electron chi connectivity index (χ4n) is 3.47. The number of carbonyl (C=O) groups excluding carboxylic acids is 1. The molecule has 0 bridgehead atoms. The topological polar surface area (TPSA) is 40.6 Å². The van der Waals surface area contributed by atoms with Crippen LogP contribution in [0, 0.1) is 17.6 Å². The Morgan fingerprint density at radius 1 is 1.28 bits per heavy atom. The lowest BCUT2D eigenvalue weighted by Crippen LogP contribution is -3.12. The van der Waals surface area contributed by atoms with Crippen LogP contribution in [0.25, 0.3) is 5.69 Å². The Balaban J connectivity index is 1.65. The van der Waals surface area contributed by atoms with Crippen LogP contribution in [0.3, 0.4) is 0 Å². The summed E-state index contributed by atoms with van der Waals surface area (Å²) >= 11 is 5.67. The first-order valence-electron chi connectivity index (χ1n) is 8.94. The smallest absolute Gasteiger partial charge is 0.309 e. The van der Waals surface area contributed by atoms with Crippen LogP contribution < -0.4 is 4.90 Å². The molecule has 1 N–H and O–H groups in total. The van der Waals surface area contributed by atoms with Gasteiger partial charge >= 0.3 is 5.97 Å². The molecule has 6 heteroatoms. The van der Waals surface area contributed by atoms with Crippen LogP contribution in [0.1, 0.15) is 25.3 Å². The van der Waals surface area contributed by atoms with Crippen LogP contribution >= 0.6 is 12.2 Å². The fraction of sp³-hybridized carbons (Fsp3) is 0.474. The second kappa shape index (κ2) is 7.97. The van der Waals surface area contributed by atoms with Crippen LogP contribution in [0.15, 0.2) is 36.7 Å². The van der Waals surface area contributed by atoms with E-state index < -0.39 is 0 Å². The zero-order chi connectivity index (χ0) is 17.8. The predicted molar refractivity (Wildman–Crippen MR) is 99.4 cm³/mol. The summed E-state index contributed by atoms with van der Waals surface area (Å²) in [5.41, 5.74) is 2.33. The molecule has 1 saturated heterocycles. The number of benzene rings is 1. The number of para-hydroxylation sites is 1. The first-order valence-corrected chi connectivity index (χ1v) is 9.35. The molecular formula is C19H26N3O2S+. The number of hydrogen-bond acceptors (Lipinski definition) is 3. The minimum Gasteiger partial charge on any atom is -0.466 e. The average molecular weight is 361 g/mol. The third kappa shape index (κ3) is 4.02. The van der Waals surface area contributed by atoms with E-state index in [-0.39, 0.29) is 11.9 Å². The van der Waals surface area contributed by atoms with Gasteiger partial charge in [-0.2, -0.15) is 0 Å². The summed E-state index contributed by atoms with van der Waals surface area (Å²) in [7, 11) is 0. The number of aromatic nitrogens is 2. The summed E-state index contributed by atoms with van der Waals surface area (Å²) in [5, 5.41) is 0. The Morgan fingerprint density at radius 3 is 2.68 bits per heavy atom. The lowest BCUT2D eigenvalue weighted by molar-refractivity contribution is -0.928. The molecule has 1 aromatic carbocycles. The van der Waals surface area contributed by atoms with Crippen molar-refractivity contribution in [2.75, 3.05) is 19.7 Å². The number of likely N-dealkylation sites (tertiary alicyclic amines) is 1. The van der Waals surface area contributed by atoms with E-state index in [0.29, 0.717) is 6.61 Å². The molecule has 3 rings (SSSR count). The SMILES string of the molecule is CCOC(=O)C1CC[NH+](Cn2ccn(-c3ccccc3C)c2=S)CC1. The highest BCUT2D eigenvalue weighted by atomic mass is 32.1. The summed E-state index contributed by atoms with van der Waals surface area (Å²) in [6.45, 7) is 7.21. The van der Waals surface area contributed by atoms with Crippen molar-refractivity contribution >= 4 is 18.2 Å². The third-order valence-electron chi connectivity index (χ3n) is 4.93. The van der Waals surface area contributed by atoms with Gasteiger partial charge in [0.1, 0.15) is 0 Å². The van der Waals surface area contributed by atoms with Crippen molar-refractivity contribution in [1.29, 1.82) is 0 Å². The molecule has 1 fully saturated rings. The Morgan fingerprint density at radius 2 is 2.00 bits per heavy atom. The van der Waals surface area contributed by atoms with E-state index in [2.05, 4.69) is 34.4 Å². The van der Waals surface area contributed by atoms with Crippen molar-refractivity contribution in [3.63, 3.8) is 0 Å². The van der Waals surface area contributed by atoms with Gasteiger partial charge in [0, 0.05) is 25.2 Å². The fourth-order valence-corrected chi connectivity index (χ4v) is 3.76. The van der Waals surface area contributed by atoms with Crippen molar-refractivity contribution in [2.24, 2.45) is 5.92 Å². The molecule has 0 atom stereocenters. The van der Waals surface area contributed by atoms with E-state index in [1.54, 1.807) is 0 Å². The Kier molecular flexibility index (Phi) is 5.71. The molecule has 134 valence electrons. The number of nitrogens with zero attached hydrogens (tertiary/aromatic N) is 2. The lowest BCUT2D eigenvalue weighted by Gasteiger charge is -2.28. The Hall–Kier alpha value is -1.92. The van der Waals surface area contributed by atoms with Crippen LogP contribution in [-0.2, 0) is 16.2 Å². The molecule has 0 radical (unpaired) electrons. The van der Waals surface area contributed by atoms with Crippen molar-refractivity contribution in [3.05, 3.63) is 47.0 Å². The van der Waals surface area contributed by atoms with Gasteiger partial charge in [-0.15, -0.1) is 0 Å². The molecule has 2 aromatic rings. The van der Waals surface area contributed by atoms with Gasteiger partial charge in [-0.1, -0.05) is 18.2 Å². The number of aryl methyl sites for hydroxylation is 1. The van der Waals surface area contributed by atoms with Crippen molar-refractivity contribution in [3.8, 4) is 5.69 Å². The summed E-state index contributed by atoms with van der Waals surface area (Å²) in [5.74, 6) is 0.0251. The number of esters is 1. The van der Waals surface area contributed by atoms with Gasteiger partial charge in [-0.05, 0) is 37.7 Å². The first-order chi connectivity index (χ1) is 12.1. The lowest BCUT2D eigenvalue weighted by atomic mass is 9.97. The molecule has 2 heterocycles. The maximum atomic E-state index is 11.9. The van der Waals surface area contributed by atoms with Gasteiger partial charge in [-0.3, -0.25) is 13.9 Å². The number of nitrogens with one attached hydrogen (secondary N) is 1. The van der Waals surface area contributed by atoms with Gasteiger partial charge in [-0.25, -0.2) is 0 Å². The molecule has 1 aliphatic rings. The minimum absolute atomic E-state index is 0.0381. The maximum Gasteiger partial charge on any atom is 0.309 e. The first kappa shape index (κ1) is 17.9. The van der Waals surface area contributed by atoms with Crippen molar-refractivity contribution in [2.45, 2.75) is 33.4 Å². The van der Waals surface area contributed by atoms with E-state index >= 15 is 0 Å². The molecule has 0 unspecified atom stereocenters. The molecule has 0 saturated carbocycles. The largest absolute Gasteiger partial charge is 0.466 e. The number of carbonyl (C=O) groups is 1. The summed E-state index contributed by atoms with van der Waals surface area (Å²) < 4.78 is 10.2. The summed E-state index contributed by atoms with van der Waals surface area (Å²) in [4.78, 5) is 13.3. The normalized spacial score (nSPS) is 20.4. The highest BCUT2D eigenvalue weighted by Gasteiger charge is 2.28. The minimum atomic E-state index is -0.0381. The van der Waals surface area contributed by atoms with Crippen LogP contribution in [0.2, 0.25) is 0 Å². The van der Waals surface area contributed by atoms with Gasteiger partial charge in [0.05, 0.1) is 31.3 Å². The predicted octanol–water partition coefficient (Wildman–Crippen LogP) is 2.13. The third-order valence-corrected chi connectivity index (χ3v) is 5.36. The number of rotatable bonds is 5. The molecule has 1 aromatic heterocycles. The highest BCUT2D eigenvalue weighted by Crippen LogP contribution is 2.15. The van der Waals surface area contributed by atoms with Gasteiger partial charge in [0.2, 0.25) is 0 Å². The van der Waals surface area contributed by atoms with Crippen molar-refractivity contribution in [1.82, 2.24) is 9.13 Å². The number of piperidine rings is 1. The van der Waals surface area contributed by atoms with E-state index in [1.807, 2.05) is 25.3 Å². The molecular weight excluding hydrogens is 334 g/mol. The molecule has 0 spiro atoms.